The molecule has 0 saturated carbocycles. The minimum atomic E-state index is -5.00. The Morgan fingerprint density at radius 2 is 0.491 bits per heavy atom. The van der Waals surface area contributed by atoms with Crippen molar-refractivity contribution >= 4 is 39.5 Å². The lowest BCUT2D eigenvalue weighted by atomic mass is 10.1. The number of carbonyl (C=O) groups is 4. The fraction of sp³-hybridized carbons (Fsp3) is 0.655. The van der Waals surface area contributed by atoms with Crippen molar-refractivity contribution in [1.82, 2.24) is 0 Å². The SMILES string of the molecule is CC/C=C\C/C=C\C/C=C\C/C=C\C/C=C\CCCCCC(=O)OCC(COP(=O)(O)OCC(O)COP(=O)(O)OCC(COC(=O)CCCCCCCC/C=C\C/C=C\C/C=C\C/C=C\CC)OC(=O)CCCCCCCCCCCCC)OC(=O)CCCCCC/C=C\C/C=C\C/C=C\C/C=C\CC. The van der Waals surface area contributed by atoms with E-state index in [0.29, 0.717) is 25.7 Å². The molecule has 0 aliphatic heterocycles. The molecule has 0 aromatic carbocycles. The van der Waals surface area contributed by atoms with Crippen molar-refractivity contribution in [3.8, 4) is 0 Å². The second-order valence-corrected chi connectivity index (χ2v) is 29.5. The number of aliphatic hydroxyl groups excluding tert-OH is 1. The van der Waals surface area contributed by atoms with Crippen molar-refractivity contribution in [2.24, 2.45) is 0 Å². The lowest BCUT2D eigenvalue weighted by Gasteiger charge is -2.21. The first-order valence-corrected chi connectivity index (χ1v) is 43.7. The van der Waals surface area contributed by atoms with Gasteiger partial charge in [0.2, 0.25) is 0 Å². The Hall–Kier alpha value is -5.32. The topological polar surface area (TPSA) is 237 Å². The summed E-state index contributed by atoms with van der Waals surface area (Å²) in [6.45, 7) is 4.45. The molecular formula is C87H144O17P2. The molecule has 0 aliphatic rings. The fourth-order valence-corrected chi connectivity index (χ4v) is 12.0. The van der Waals surface area contributed by atoms with Crippen molar-refractivity contribution < 1.29 is 80.2 Å². The highest BCUT2D eigenvalue weighted by molar-refractivity contribution is 7.47. The summed E-state index contributed by atoms with van der Waals surface area (Å²) >= 11 is 0. The summed E-state index contributed by atoms with van der Waals surface area (Å²) in [6, 6.07) is 0. The molecule has 0 rings (SSSR count). The Bertz CT molecular complexity index is 2630. The van der Waals surface area contributed by atoms with Gasteiger partial charge >= 0.3 is 39.5 Å². The van der Waals surface area contributed by atoms with Crippen LogP contribution in [0.1, 0.15) is 310 Å². The van der Waals surface area contributed by atoms with Crippen molar-refractivity contribution in [3.63, 3.8) is 0 Å². The van der Waals surface area contributed by atoms with Gasteiger partial charge in [0.25, 0.3) is 0 Å². The minimum absolute atomic E-state index is 0.0544. The molecule has 0 aromatic heterocycles. The highest BCUT2D eigenvalue weighted by atomic mass is 31.2. The van der Waals surface area contributed by atoms with E-state index in [1.54, 1.807) is 0 Å². The van der Waals surface area contributed by atoms with E-state index >= 15 is 0 Å². The van der Waals surface area contributed by atoms with Crippen LogP contribution in [0.3, 0.4) is 0 Å². The number of hydrogen-bond acceptors (Lipinski definition) is 15. The van der Waals surface area contributed by atoms with Gasteiger partial charge in [0.1, 0.15) is 19.3 Å². The molecule has 0 aromatic rings. The molecule has 0 aliphatic carbocycles. The maximum absolute atomic E-state index is 13.1. The van der Waals surface area contributed by atoms with Gasteiger partial charge in [-0.25, -0.2) is 9.13 Å². The van der Waals surface area contributed by atoms with Crippen molar-refractivity contribution in [1.29, 1.82) is 0 Å². The van der Waals surface area contributed by atoms with Crippen molar-refractivity contribution in [2.45, 2.75) is 329 Å². The van der Waals surface area contributed by atoms with E-state index in [-0.39, 0.29) is 25.7 Å². The molecule has 3 N–H and O–H groups in total. The molecule has 0 fully saturated rings. The van der Waals surface area contributed by atoms with Gasteiger partial charge in [-0.3, -0.25) is 37.3 Å². The molecule has 0 amide bonds. The number of rotatable bonds is 75. The van der Waals surface area contributed by atoms with Crippen LogP contribution in [0.4, 0.5) is 0 Å². The average molecular weight is 1520 g/mol. The number of aliphatic hydroxyl groups is 1. The summed E-state index contributed by atoms with van der Waals surface area (Å²) in [5.74, 6) is -2.26. The molecule has 0 saturated heterocycles. The zero-order valence-corrected chi connectivity index (χ0v) is 67.8. The van der Waals surface area contributed by atoms with Crippen molar-refractivity contribution in [2.75, 3.05) is 39.6 Å². The third-order valence-corrected chi connectivity index (χ3v) is 18.4. The number of phosphoric ester groups is 2. The predicted molar refractivity (Wildman–Crippen MR) is 436 cm³/mol. The van der Waals surface area contributed by atoms with Crippen LogP contribution >= 0.6 is 15.6 Å². The highest BCUT2D eigenvalue weighted by Gasteiger charge is 2.30. The predicted octanol–water partition coefficient (Wildman–Crippen LogP) is 24.0. The van der Waals surface area contributed by atoms with Gasteiger partial charge in [0.15, 0.2) is 12.2 Å². The van der Waals surface area contributed by atoms with Crippen LogP contribution in [-0.4, -0.2) is 96.7 Å². The largest absolute Gasteiger partial charge is 0.472 e. The molecule has 0 heterocycles. The van der Waals surface area contributed by atoms with Crippen LogP contribution in [-0.2, 0) is 65.4 Å². The fourth-order valence-electron chi connectivity index (χ4n) is 10.4. The van der Waals surface area contributed by atoms with Crippen LogP contribution in [0.25, 0.3) is 0 Å². The summed E-state index contributed by atoms with van der Waals surface area (Å²) < 4.78 is 68.6. The minimum Gasteiger partial charge on any atom is -0.462 e. The van der Waals surface area contributed by atoms with Crippen LogP contribution in [0.15, 0.2) is 158 Å². The summed E-state index contributed by atoms with van der Waals surface area (Å²) in [4.78, 5) is 73.1. The number of esters is 4. The number of phosphoric acid groups is 2. The third-order valence-electron chi connectivity index (χ3n) is 16.5. The zero-order valence-electron chi connectivity index (χ0n) is 66.1. The Kier molecular flexibility index (Phi) is 73.9. The van der Waals surface area contributed by atoms with Crippen molar-refractivity contribution in [3.05, 3.63) is 158 Å². The van der Waals surface area contributed by atoms with Crippen LogP contribution < -0.4 is 0 Å². The molecule has 604 valence electrons. The van der Waals surface area contributed by atoms with Gasteiger partial charge in [0, 0.05) is 25.7 Å². The summed E-state index contributed by atoms with van der Waals surface area (Å²) in [5, 5.41) is 10.6. The molecule has 0 spiro atoms. The molecule has 19 heteroatoms. The zero-order chi connectivity index (χ0) is 77.4. The summed E-state index contributed by atoms with van der Waals surface area (Å²) in [6.07, 6.45) is 90.7. The van der Waals surface area contributed by atoms with E-state index in [0.717, 1.165) is 193 Å². The first-order valence-electron chi connectivity index (χ1n) is 40.7. The van der Waals surface area contributed by atoms with Crippen LogP contribution in [0.5, 0.6) is 0 Å². The normalized spacial score (nSPS) is 14.7. The summed E-state index contributed by atoms with van der Waals surface area (Å²) in [7, 11) is -9.99. The van der Waals surface area contributed by atoms with Gasteiger partial charge in [-0.1, -0.05) is 295 Å². The Morgan fingerprint density at radius 3 is 0.764 bits per heavy atom. The van der Waals surface area contributed by atoms with E-state index in [4.69, 9.17) is 37.0 Å². The first kappa shape index (κ1) is 101. The second-order valence-electron chi connectivity index (χ2n) is 26.6. The summed E-state index contributed by atoms with van der Waals surface area (Å²) in [5.41, 5.74) is 0. The van der Waals surface area contributed by atoms with E-state index in [1.807, 2.05) is 0 Å². The Labute approximate surface area is 642 Å². The smallest absolute Gasteiger partial charge is 0.462 e. The molecular weight excluding hydrogens is 1380 g/mol. The molecule has 0 bridgehead atoms. The first-order chi connectivity index (χ1) is 51.7. The van der Waals surface area contributed by atoms with E-state index < -0.39 is 97.5 Å². The molecule has 0 radical (unpaired) electrons. The van der Waals surface area contributed by atoms with E-state index in [2.05, 4.69) is 186 Å². The molecule has 17 nitrogen and oxygen atoms in total. The van der Waals surface area contributed by atoms with E-state index in [9.17, 15) is 43.2 Å². The lowest BCUT2D eigenvalue weighted by Crippen LogP contribution is -2.30. The highest BCUT2D eigenvalue weighted by Crippen LogP contribution is 2.45. The van der Waals surface area contributed by atoms with Gasteiger partial charge in [0.05, 0.1) is 26.4 Å². The number of allylic oxidation sites excluding steroid dienone is 26. The second kappa shape index (κ2) is 77.8. The molecule has 5 unspecified atom stereocenters. The Morgan fingerprint density at radius 1 is 0.274 bits per heavy atom. The maximum atomic E-state index is 13.1. The maximum Gasteiger partial charge on any atom is 0.472 e. The van der Waals surface area contributed by atoms with Crippen LogP contribution in [0.2, 0.25) is 0 Å². The van der Waals surface area contributed by atoms with E-state index in [1.165, 1.54) is 38.5 Å². The molecule has 106 heavy (non-hydrogen) atoms. The number of hydrogen-bond donors (Lipinski definition) is 3. The van der Waals surface area contributed by atoms with Gasteiger partial charge in [-0.05, 0) is 148 Å². The Balaban J connectivity index is 5.40. The average Bonchev–Trinajstić information content (AvgIpc) is 0.919. The van der Waals surface area contributed by atoms with Gasteiger partial charge < -0.3 is 33.8 Å². The quantitative estimate of drug-likeness (QED) is 0.0169. The molecule has 5 atom stereocenters. The monoisotopic (exact) mass is 1520 g/mol. The lowest BCUT2D eigenvalue weighted by molar-refractivity contribution is -0.161. The van der Waals surface area contributed by atoms with Gasteiger partial charge in [-0.2, -0.15) is 0 Å². The number of carbonyl (C=O) groups excluding carboxylic acids is 4. The third kappa shape index (κ3) is 76.9. The van der Waals surface area contributed by atoms with Gasteiger partial charge in [-0.15, -0.1) is 0 Å². The number of unbranched alkanes of at least 4 members (excludes halogenated alkanes) is 23. The van der Waals surface area contributed by atoms with Crippen LogP contribution in [0, 0.1) is 0 Å². The number of ether oxygens (including phenoxy) is 4. The standard InChI is InChI=1S/C87H144O17P2/c1-5-9-13-17-21-25-29-32-35-38-40-43-45-48-52-55-59-63-67-71-84(89)97-77-82(103-86(91)73-69-65-61-57-51-28-24-20-16-12-8-4)79-101-105(93,94)99-75-81(88)76-100-106(95,96)102-80-83(104-87(92)74-70-66-62-58-54-50-47-42-37-34-31-27-23-19-15-11-7-3)78-98-85(90)72-68-64-60-56-53-49-46-44-41-39-36-33-30-26-22-18-14-10-6-2/h9-11,13-15,21-23,25-27,32-37,40-41,43-44,47,49-50,53,81-83,88H,5-8,12,16-20,24,28-31,38-39,42,45-46,48,51-52,54-80H2,1-4H3,(H,93,94)(H,95,96)/b13-9-,14-10-,15-11-,25-21-,26-22-,27-23-,35-32-,36-33-,37-34-,43-40-,44-41-,50-47-,53-49-.